The second-order valence-electron chi connectivity index (χ2n) is 3.14. The van der Waals surface area contributed by atoms with Gasteiger partial charge >= 0.3 is 0 Å². The van der Waals surface area contributed by atoms with Crippen LogP contribution in [0.15, 0.2) is 18.3 Å². The Kier molecular flexibility index (Phi) is 2.85. The minimum absolute atomic E-state index is 0.144. The molecule has 1 rings (SSSR count). The lowest BCUT2D eigenvalue weighted by Crippen LogP contribution is -2.37. The molecule has 0 aliphatic heterocycles. The van der Waals surface area contributed by atoms with Crippen LogP contribution in [0.1, 0.15) is 12.5 Å². The fourth-order valence-electron chi connectivity index (χ4n) is 1.07. The number of methoxy groups -OCH3 is 1. The minimum Gasteiger partial charge on any atom is -0.481 e. The lowest BCUT2D eigenvalue weighted by Gasteiger charge is -2.23. The van der Waals surface area contributed by atoms with Gasteiger partial charge < -0.3 is 15.6 Å². The van der Waals surface area contributed by atoms with E-state index in [0.717, 1.165) is 0 Å². The van der Waals surface area contributed by atoms with Crippen LogP contribution in [0, 0.1) is 0 Å². The Labute approximate surface area is 77.4 Å². The molecule has 0 aliphatic carbocycles. The molecule has 1 aromatic rings. The van der Waals surface area contributed by atoms with Gasteiger partial charge in [0.25, 0.3) is 0 Å². The third-order valence-electron chi connectivity index (χ3n) is 1.91. The van der Waals surface area contributed by atoms with Crippen molar-refractivity contribution in [3.63, 3.8) is 0 Å². The van der Waals surface area contributed by atoms with Gasteiger partial charge in [-0.2, -0.15) is 0 Å². The fourth-order valence-corrected chi connectivity index (χ4v) is 1.07. The number of aliphatic hydroxyl groups is 1. The van der Waals surface area contributed by atoms with Crippen molar-refractivity contribution in [3.8, 4) is 5.88 Å². The second-order valence-corrected chi connectivity index (χ2v) is 3.14. The van der Waals surface area contributed by atoms with Crippen molar-refractivity contribution in [3.05, 3.63) is 23.9 Å². The molecule has 0 amide bonds. The molecule has 1 unspecified atom stereocenters. The summed E-state index contributed by atoms with van der Waals surface area (Å²) in [5.74, 6) is 0.460. The van der Waals surface area contributed by atoms with Gasteiger partial charge in [-0.15, -0.1) is 0 Å². The maximum atomic E-state index is 9.06. The van der Waals surface area contributed by atoms with Gasteiger partial charge in [0, 0.05) is 11.8 Å². The average Bonchev–Trinajstić information content (AvgIpc) is 2.18. The smallest absolute Gasteiger partial charge is 0.218 e. The van der Waals surface area contributed by atoms with E-state index in [-0.39, 0.29) is 6.61 Å². The number of aromatic nitrogens is 1. The topological polar surface area (TPSA) is 68.4 Å². The molecule has 13 heavy (non-hydrogen) atoms. The number of nitrogens with two attached hydrogens (primary N) is 1. The van der Waals surface area contributed by atoms with E-state index in [2.05, 4.69) is 4.98 Å². The molecule has 0 spiro atoms. The van der Waals surface area contributed by atoms with Gasteiger partial charge in [0.1, 0.15) is 0 Å². The number of ether oxygens (including phenoxy) is 1. The predicted molar refractivity (Wildman–Crippen MR) is 49.4 cm³/mol. The Morgan fingerprint density at radius 1 is 1.69 bits per heavy atom. The third-order valence-corrected chi connectivity index (χ3v) is 1.91. The Morgan fingerprint density at radius 2 is 2.38 bits per heavy atom. The summed E-state index contributed by atoms with van der Waals surface area (Å²) >= 11 is 0. The number of aliphatic hydroxyl groups excluding tert-OH is 1. The second kappa shape index (κ2) is 3.72. The molecule has 0 saturated carbocycles. The van der Waals surface area contributed by atoms with E-state index < -0.39 is 5.54 Å². The van der Waals surface area contributed by atoms with Crippen LogP contribution in [0.25, 0.3) is 0 Å². The van der Waals surface area contributed by atoms with E-state index in [1.54, 1.807) is 25.3 Å². The molecule has 3 N–H and O–H groups in total. The summed E-state index contributed by atoms with van der Waals surface area (Å²) in [5, 5.41) is 9.06. The van der Waals surface area contributed by atoms with Gasteiger partial charge in [-0.3, -0.25) is 0 Å². The monoisotopic (exact) mass is 182 g/mol. The molecular formula is C9H14N2O2. The zero-order chi connectivity index (χ0) is 9.90. The molecule has 4 heteroatoms. The van der Waals surface area contributed by atoms with Crippen molar-refractivity contribution < 1.29 is 9.84 Å². The Hall–Kier alpha value is -1.13. The van der Waals surface area contributed by atoms with E-state index in [1.165, 1.54) is 7.11 Å². The van der Waals surface area contributed by atoms with Crippen molar-refractivity contribution >= 4 is 0 Å². The van der Waals surface area contributed by atoms with Crippen molar-refractivity contribution in [2.45, 2.75) is 12.5 Å². The number of hydrogen-bond donors (Lipinski definition) is 2. The van der Waals surface area contributed by atoms with Gasteiger partial charge in [-0.25, -0.2) is 4.98 Å². The van der Waals surface area contributed by atoms with Gasteiger partial charge in [-0.1, -0.05) is 6.07 Å². The van der Waals surface area contributed by atoms with Crippen molar-refractivity contribution in [2.75, 3.05) is 13.7 Å². The fraction of sp³-hybridized carbons (Fsp3) is 0.444. The van der Waals surface area contributed by atoms with Gasteiger partial charge in [-0.05, 0) is 13.0 Å². The zero-order valence-electron chi connectivity index (χ0n) is 7.82. The van der Waals surface area contributed by atoms with Crippen LogP contribution in [-0.2, 0) is 5.54 Å². The highest BCUT2D eigenvalue weighted by Gasteiger charge is 2.24. The maximum absolute atomic E-state index is 9.06. The highest BCUT2D eigenvalue weighted by molar-refractivity contribution is 5.32. The molecule has 0 fully saturated rings. The zero-order valence-corrected chi connectivity index (χ0v) is 7.82. The standard InChI is InChI=1S/C9H14N2O2/c1-9(10,6-12)7-4-3-5-11-8(7)13-2/h3-5,12H,6,10H2,1-2H3. The van der Waals surface area contributed by atoms with Crippen LogP contribution in [0.2, 0.25) is 0 Å². The lowest BCUT2D eigenvalue weighted by atomic mass is 9.95. The first-order chi connectivity index (χ1) is 6.11. The molecule has 0 saturated heterocycles. The van der Waals surface area contributed by atoms with Gasteiger partial charge in [0.05, 0.1) is 19.3 Å². The summed E-state index contributed by atoms with van der Waals surface area (Å²) in [6.07, 6.45) is 1.62. The molecule has 1 atom stereocenters. The molecule has 0 aromatic carbocycles. The van der Waals surface area contributed by atoms with E-state index >= 15 is 0 Å². The lowest BCUT2D eigenvalue weighted by molar-refractivity contribution is 0.205. The summed E-state index contributed by atoms with van der Waals surface area (Å²) < 4.78 is 5.03. The maximum Gasteiger partial charge on any atom is 0.218 e. The minimum atomic E-state index is -0.806. The highest BCUT2D eigenvalue weighted by atomic mass is 16.5. The number of hydrogen-bond acceptors (Lipinski definition) is 4. The molecule has 1 aromatic heterocycles. The van der Waals surface area contributed by atoms with Crippen molar-refractivity contribution in [1.82, 2.24) is 4.98 Å². The molecule has 1 heterocycles. The quantitative estimate of drug-likeness (QED) is 0.703. The first-order valence-corrected chi connectivity index (χ1v) is 4.01. The van der Waals surface area contributed by atoms with Crippen molar-refractivity contribution in [1.29, 1.82) is 0 Å². The predicted octanol–water partition coefficient (Wildman–Crippen LogP) is 0.256. The summed E-state index contributed by atoms with van der Waals surface area (Å²) in [7, 11) is 1.53. The van der Waals surface area contributed by atoms with Crippen LogP contribution in [-0.4, -0.2) is 23.8 Å². The number of pyridine rings is 1. The number of nitrogens with zero attached hydrogens (tertiary/aromatic N) is 1. The van der Waals surface area contributed by atoms with E-state index in [0.29, 0.717) is 11.4 Å². The highest BCUT2D eigenvalue weighted by Crippen LogP contribution is 2.24. The van der Waals surface area contributed by atoms with Crippen LogP contribution < -0.4 is 10.5 Å². The van der Waals surface area contributed by atoms with Crippen molar-refractivity contribution in [2.24, 2.45) is 5.73 Å². The Morgan fingerprint density at radius 3 is 2.92 bits per heavy atom. The van der Waals surface area contributed by atoms with Crippen LogP contribution >= 0.6 is 0 Å². The first kappa shape index (κ1) is 9.95. The van der Waals surface area contributed by atoms with Gasteiger partial charge in [0.15, 0.2) is 0 Å². The third kappa shape index (κ3) is 1.96. The Balaban J connectivity index is 3.12. The SMILES string of the molecule is COc1ncccc1C(C)(N)CO. The molecule has 0 aliphatic rings. The van der Waals surface area contributed by atoms with E-state index in [4.69, 9.17) is 15.6 Å². The molecule has 72 valence electrons. The van der Waals surface area contributed by atoms with Crippen LogP contribution in [0.3, 0.4) is 0 Å². The molecular weight excluding hydrogens is 168 g/mol. The molecule has 0 bridgehead atoms. The first-order valence-electron chi connectivity index (χ1n) is 4.01. The molecule has 0 radical (unpaired) electrons. The van der Waals surface area contributed by atoms with Crippen LogP contribution in [0.4, 0.5) is 0 Å². The Bertz CT molecular complexity index is 287. The summed E-state index contributed by atoms with van der Waals surface area (Å²) in [4.78, 5) is 4.00. The largest absolute Gasteiger partial charge is 0.481 e. The van der Waals surface area contributed by atoms with E-state index in [9.17, 15) is 0 Å². The van der Waals surface area contributed by atoms with Gasteiger partial charge in [0.2, 0.25) is 5.88 Å². The normalized spacial score (nSPS) is 15.1. The van der Waals surface area contributed by atoms with Crippen LogP contribution in [0.5, 0.6) is 5.88 Å². The summed E-state index contributed by atoms with van der Waals surface area (Å²) in [6.45, 7) is 1.58. The van der Waals surface area contributed by atoms with E-state index in [1.807, 2.05) is 0 Å². The summed E-state index contributed by atoms with van der Waals surface area (Å²) in [5.41, 5.74) is 5.75. The summed E-state index contributed by atoms with van der Waals surface area (Å²) in [6, 6.07) is 3.56. The number of rotatable bonds is 3. The average molecular weight is 182 g/mol. The molecule has 4 nitrogen and oxygen atoms in total.